The van der Waals surface area contributed by atoms with Crippen molar-refractivity contribution in [3.8, 4) is 0 Å². The Morgan fingerprint density at radius 1 is 1.25 bits per heavy atom. The van der Waals surface area contributed by atoms with Crippen LogP contribution in [0.1, 0.15) is 17.5 Å². The predicted octanol–water partition coefficient (Wildman–Crippen LogP) is 2.60. The molecule has 6 heteroatoms. The summed E-state index contributed by atoms with van der Waals surface area (Å²) in [5, 5.41) is 10.1. The van der Waals surface area contributed by atoms with E-state index in [1.165, 1.54) is 0 Å². The zero-order chi connectivity index (χ0) is 14.4. The molecule has 20 heavy (non-hydrogen) atoms. The van der Waals surface area contributed by atoms with Gasteiger partial charge in [-0.3, -0.25) is 9.59 Å². The molecule has 1 heterocycles. The smallest absolute Gasteiger partial charge is 0.307 e. The van der Waals surface area contributed by atoms with Crippen LogP contribution in [0.5, 0.6) is 0 Å². The highest BCUT2D eigenvalue weighted by Gasteiger charge is 2.50. The van der Waals surface area contributed by atoms with E-state index in [4.69, 9.17) is 28.3 Å². The normalized spacial score (nSPS) is 24.2. The van der Waals surface area contributed by atoms with Crippen LogP contribution in [0.15, 0.2) is 12.1 Å². The van der Waals surface area contributed by atoms with Crippen LogP contribution in [-0.2, 0) is 22.6 Å². The second kappa shape index (κ2) is 4.93. The Balaban J connectivity index is 1.76. The molecule has 1 aliphatic heterocycles. The third-order valence-corrected chi connectivity index (χ3v) is 4.54. The molecule has 1 amide bonds. The van der Waals surface area contributed by atoms with Crippen LogP contribution in [0.25, 0.3) is 0 Å². The first-order chi connectivity index (χ1) is 9.47. The van der Waals surface area contributed by atoms with E-state index < -0.39 is 11.9 Å². The Morgan fingerprint density at radius 3 is 2.65 bits per heavy atom. The Labute approximate surface area is 126 Å². The molecule has 0 bridgehead atoms. The fraction of sp³-hybridized carbons (Fsp3) is 0.429. The second-order valence-electron chi connectivity index (χ2n) is 5.32. The van der Waals surface area contributed by atoms with Crippen LogP contribution in [0.3, 0.4) is 0 Å². The van der Waals surface area contributed by atoms with Gasteiger partial charge in [-0.05, 0) is 36.1 Å². The maximum absolute atomic E-state index is 12.3. The molecule has 4 nitrogen and oxygen atoms in total. The van der Waals surface area contributed by atoms with Gasteiger partial charge < -0.3 is 10.0 Å². The van der Waals surface area contributed by atoms with Crippen LogP contribution in [0, 0.1) is 11.8 Å². The van der Waals surface area contributed by atoms with Crippen molar-refractivity contribution in [2.45, 2.75) is 19.4 Å². The summed E-state index contributed by atoms with van der Waals surface area (Å²) in [6, 6.07) is 3.53. The fourth-order valence-electron chi connectivity index (χ4n) is 2.77. The second-order valence-corrected chi connectivity index (χ2v) is 6.17. The summed E-state index contributed by atoms with van der Waals surface area (Å²) < 4.78 is 0. The van der Waals surface area contributed by atoms with Crippen LogP contribution < -0.4 is 0 Å². The van der Waals surface area contributed by atoms with Crippen molar-refractivity contribution in [2.24, 2.45) is 11.8 Å². The van der Waals surface area contributed by atoms with Crippen molar-refractivity contribution in [1.82, 2.24) is 4.90 Å². The lowest BCUT2D eigenvalue weighted by Crippen LogP contribution is -2.37. The van der Waals surface area contributed by atoms with Crippen molar-refractivity contribution >= 4 is 35.1 Å². The highest BCUT2D eigenvalue weighted by Crippen LogP contribution is 2.41. The van der Waals surface area contributed by atoms with Crippen molar-refractivity contribution in [2.75, 3.05) is 6.54 Å². The van der Waals surface area contributed by atoms with Gasteiger partial charge in [-0.1, -0.05) is 23.2 Å². The summed E-state index contributed by atoms with van der Waals surface area (Å²) in [5.41, 5.74) is 1.99. The average Bonchev–Trinajstić information content (AvgIpc) is 3.17. The molecule has 0 aromatic heterocycles. The van der Waals surface area contributed by atoms with Crippen LogP contribution in [0.2, 0.25) is 10.0 Å². The highest BCUT2D eigenvalue weighted by molar-refractivity contribution is 6.35. The van der Waals surface area contributed by atoms with E-state index in [1.807, 2.05) is 6.07 Å². The van der Waals surface area contributed by atoms with Gasteiger partial charge in [0.2, 0.25) is 5.91 Å². The number of nitrogens with zero attached hydrogens (tertiary/aromatic N) is 1. The number of hydrogen-bond donors (Lipinski definition) is 1. The molecular weight excluding hydrogens is 301 g/mol. The van der Waals surface area contributed by atoms with Gasteiger partial charge in [-0.25, -0.2) is 0 Å². The van der Waals surface area contributed by atoms with Gasteiger partial charge in [-0.2, -0.15) is 0 Å². The molecule has 1 aromatic carbocycles. The summed E-state index contributed by atoms with van der Waals surface area (Å²) in [4.78, 5) is 24.8. The molecule has 2 aliphatic rings. The Bertz CT molecular complexity index is 602. The van der Waals surface area contributed by atoms with Gasteiger partial charge in [0.05, 0.1) is 11.8 Å². The van der Waals surface area contributed by atoms with Gasteiger partial charge in [0, 0.05) is 23.1 Å². The number of amides is 1. The largest absolute Gasteiger partial charge is 0.481 e. The molecular formula is C14H13Cl2NO3. The molecule has 0 radical (unpaired) electrons. The van der Waals surface area contributed by atoms with Crippen molar-refractivity contribution < 1.29 is 14.7 Å². The quantitative estimate of drug-likeness (QED) is 0.913. The number of hydrogen-bond acceptors (Lipinski definition) is 2. The molecule has 1 N–H and O–H groups in total. The summed E-state index contributed by atoms with van der Waals surface area (Å²) in [6.45, 7) is 1.04. The Hall–Kier alpha value is -1.26. The fourth-order valence-corrected chi connectivity index (χ4v) is 3.40. The van der Waals surface area contributed by atoms with Crippen LogP contribution >= 0.6 is 23.2 Å². The van der Waals surface area contributed by atoms with Gasteiger partial charge in [0.1, 0.15) is 0 Å². The average molecular weight is 314 g/mol. The third-order valence-electron chi connectivity index (χ3n) is 3.98. The number of fused-ring (bicyclic) bond motifs is 1. The molecule has 0 spiro atoms. The number of benzene rings is 1. The van der Waals surface area contributed by atoms with E-state index in [9.17, 15) is 9.59 Å². The molecule has 1 fully saturated rings. The number of carboxylic acids is 1. The minimum atomic E-state index is -0.883. The van der Waals surface area contributed by atoms with Crippen LogP contribution in [0.4, 0.5) is 0 Å². The van der Waals surface area contributed by atoms with Crippen molar-refractivity contribution in [3.63, 3.8) is 0 Å². The van der Waals surface area contributed by atoms with Crippen LogP contribution in [-0.4, -0.2) is 28.4 Å². The summed E-state index contributed by atoms with van der Waals surface area (Å²) >= 11 is 12.1. The molecule has 106 valence electrons. The lowest BCUT2D eigenvalue weighted by atomic mass is 9.99. The van der Waals surface area contributed by atoms with Gasteiger partial charge >= 0.3 is 5.97 Å². The highest BCUT2D eigenvalue weighted by atomic mass is 35.5. The number of carboxylic acid groups (broad SMARTS) is 1. The Morgan fingerprint density at radius 2 is 2.00 bits per heavy atom. The SMILES string of the molecule is O=C(O)[C@H]1C[C@H]1C(=O)N1CCc2c(Cl)cc(Cl)cc2C1. The third kappa shape index (κ3) is 2.38. The molecule has 1 aliphatic carbocycles. The minimum Gasteiger partial charge on any atom is -0.481 e. The minimum absolute atomic E-state index is 0.0702. The molecule has 1 saturated carbocycles. The molecule has 3 rings (SSSR count). The van der Waals surface area contributed by atoms with E-state index in [1.54, 1.807) is 11.0 Å². The van der Waals surface area contributed by atoms with E-state index in [0.29, 0.717) is 36.0 Å². The Kier molecular flexibility index (Phi) is 3.38. The molecule has 0 saturated heterocycles. The lowest BCUT2D eigenvalue weighted by molar-refractivity contribution is -0.142. The van der Waals surface area contributed by atoms with E-state index >= 15 is 0 Å². The first-order valence-electron chi connectivity index (χ1n) is 6.45. The van der Waals surface area contributed by atoms with Gasteiger partial charge in [0.15, 0.2) is 0 Å². The maximum Gasteiger partial charge on any atom is 0.307 e. The number of carbonyl (C=O) groups is 2. The lowest BCUT2D eigenvalue weighted by Gasteiger charge is -2.29. The zero-order valence-electron chi connectivity index (χ0n) is 10.6. The maximum atomic E-state index is 12.3. The standard InChI is InChI=1S/C14H13Cl2NO3/c15-8-3-7-6-17(2-1-9(7)12(16)4-8)13(18)10-5-11(10)14(19)20/h3-4,10-11H,1-2,5-6H2,(H,19,20)/t10-,11+/m1/s1. The van der Waals surface area contributed by atoms with Crippen molar-refractivity contribution in [1.29, 1.82) is 0 Å². The predicted molar refractivity (Wildman–Crippen MR) is 74.8 cm³/mol. The topological polar surface area (TPSA) is 57.6 Å². The number of aliphatic carboxylic acids is 1. The summed E-state index contributed by atoms with van der Waals surface area (Å²) in [7, 11) is 0. The first-order valence-corrected chi connectivity index (χ1v) is 7.21. The van der Waals surface area contributed by atoms with Gasteiger partial charge in [-0.15, -0.1) is 0 Å². The van der Waals surface area contributed by atoms with E-state index in [0.717, 1.165) is 11.1 Å². The van der Waals surface area contributed by atoms with Crippen molar-refractivity contribution in [3.05, 3.63) is 33.3 Å². The van der Waals surface area contributed by atoms with E-state index in [-0.39, 0.29) is 11.8 Å². The zero-order valence-corrected chi connectivity index (χ0v) is 12.1. The van der Waals surface area contributed by atoms with E-state index in [2.05, 4.69) is 0 Å². The monoisotopic (exact) mass is 313 g/mol. The molecule has 0 unspecified atom stereocenters. The molecule has 1 aromatic rings. The number of rotatable bonds is 2. The number of halogens is 2. The molecule has 2 atom stereocenters. The first kappa shape index (κ1) is 13.7. The van der Waals surface area contributed by atoms with Gasteiger partial charge in [0.25, 0.3) is 0 Å². The summed E-state index contributed by atoms with van der Waals surface area (Å²) in [5.74, 6) is -1.82. The number of carbonyl (C=O) groups excluding carboxylic acids is 1. The summed E-state index contributed by atoms with van der Waals surface area (Å²) in [6.07, 6.45) is 1.13.